The average molecular weight is 250 g/mol. The predicted molar refractivity (Wildman–Crippen MR) is 65.0 cm³/mol. The molecule has 0 spiro atoms. The second kappa shape index (κ2) is 8.90. The summed E-state index contributed by atoms with van der Waals surface area (Å²) in [6.45, 7) is 10.4. The van der Waals surface area contributed by atoms with E-state index in [1.54, 1.807) is 0 Å². The van der Waals surface area contributed by atoms with Crippen molar-refractivity contribution in [3.63, 3.8) is 0 Å². The second-order valence-corrected chi connectivity index (χ2v) is 2.73. The van der Waals surface area contributed by atoms with Crippen molar-refractivity contribution in [3.8, 4) is 5.75 Å². The normalized spacial score (nSPS) is 8.59. The number of methoxy groups -OCH3 is 1. The summed E-state index contributed by atoms with van der Waals surface area (Å²) in [5, 5.41) is 0. The predicted octanol–water partition coefficient (Wildman–Crippen LogP) is 4.78. The summed E-state index contributed by atoms with van der Waals surface area (Å²) in [4.78, 5) is 0. The quantitative estimate of drug-likeness (QED) is 0.652. The summed E-state index contributed by atoms with van der Waals surface area (Å²) in [6.07, 6.45) is 0. The molecule has 1 nitrogen and oxygen atoms in total. The van der Waals surface area contributed by atoms with E-state index in [0.29, 0.717) is 0 Å². The molecule has 0 unspecified atom stereocenters. The molecule has 100 valence electrons. The van der Waals surface area contributed by atoms with E-state index >= 15 is 0 Å². The Hall–Kier alpha value is -1.19. The summed E-state index contributed by atoms with van der Waals surface area (Å²) in [5.41, 5.74) is -0.511. The Bertz CT molecular complexity index is 320. The van der Waals surface area contributed by atoms with Gasteiger partial charge in [-0.2, -0.15) is 0 Å². The zero-order valence-electron chi connectivity index (χ0n) is 11.5. The van der Waals surface area contributed by atoms with Crippen molar-refractivity contribution >= 4 is 0 Å². The molecule has 0 saturated heterocycles. The van der Waals surface area contributed by atoms with Gasteiger partial charge in [-0.25, -0.2) is 13.2 Å². The molecule has 0 aliphatic rings. The summed E-state index contributed by atoms with van der Waals surface area (Å²) in [7, 11) is 1.21. The van der Waals surface area contributed by atoms with Crippen LogP contribution in [0.4, 0.5) is 13.2 Å². The highest BCUT2D eigenvalue weighted by atomic mass is 19.2. The highest BCUT2D eigenvalue weighted by Crippen LogP contribution is 2.29. The maximum absolute atomic E-state index is 13.2. The highest BCUT2D eigenvalue weighted by Gasteiger charge is 2.20. The Morgan fingerprint density at radius 1 is 0.706 bits per heavy atom. The van der Waals surface area contributed by atoms with Gasteiger partial charge in [0, 0.05) is 11.1 Å². The molecule has 0 aromatic heterocycles. The van der Waals surface area contributed by atoms with Crippen LogP contribution in [0.15, 0.2) is 0 Å². The Labute approximate surface area is 102 Å². The van der Waals surface area contributed by atoms with Crippen LogP contribution in [-0.4, -0.2) is 7.11 Å². The Morgan fingerprint density at radius 3 is 1.41 bits per heavy atom. The molecule has 1 aromatic rings. The molecule has 0 fully saturated rings. The second-order valence-electron chi connectivity index (χ2n) is 2.73. The third-order valence-corrected chi connectivity index (χ3v) is 1.92. The van der Waals surface area contributed by atoms with Gasteiger partial charge in [0.05, 0.1) is 7.11 Å². The molecule has 1 aromatic carbocycles. The maximum Gasteiger partial charge on any atom is 0.171 e. The first-order valence-corrected chi connectivity index (χ1v) is 5.68. The van der Waals surface area contributed by atoms with Crippen LogP contribution in [0, 0.1) is 31.3 Å². The van der Waals surface area contributed by atoms with Crippen molar-refractivity contribution < 1.29 is 17.9 Å². The van der Waals surface area contributed by atoms with Crippen LogP contribution in [0.2, 0.25) is 0 Å². The monoisotopic (exact) mass is 250 g/mol. The van der Waals surface area contributed by atoms with Crippen LogP contribution < -0.4 is 4.74 Å². The van der Waals surface area contributed by atoms with E-state index in [-0.39, 0.29) is 16.9 Å². The fraction of sp³-hybridized carbons (Fsp3) is 0.538. The van der Waals surface area contributed by atoms with Crippen molar-refractivity contribution in [2.24, 2.45) is 0 Å². The highest BCUT2D eigenvalue weighted by molar-refractivity contribution is 5.40. The number of benzene rings is 1. The number of hydrogen-bond acceptors (Lipinski definition) is 1. The number of rotatable bonds is 1. The molecule has 0 bridgehead atoms. The molecule has 0 aliphatic carbocycles. The van der Waals surface area contributed by atoms with E-state index in [1.807, 2.05) is 27.7 Å². The zero-order chi connectivity index (χ0) is 14.2. The molecule has 17 heavy (non-hydrogen) atoms. The minimum absolute atomic E-state index is 0.150. The molecule has 0 atom stereocenters. The Balaban J connectivity index is 0. The van der Waals surface area contributed by atoms with Gasteiger partial charge in [0.1, 0.15) is 0 Å². The number of halogens is 3. The SMILES string of the molecule is CC.CC.COc1c(C)c(F)c(F)c(C)c1F. The first kappa shape index (κ1) is 18.2. The molecule has 0 N–H and O–H groups in total. The molecule has 0 heterocycles. The van der Waals surface area contributed by atoms with Crippen LogP contribution in [0.3, 0.4) is 0 Å². The molecule has 0 radical (unpaired) electrons. The van der Waals surface area contributed by atoms with Crippen molar-refractivity contribution in [2.75, 3.05) is 7.11 Å². The van der Waals surface area contributed by atoms with Crippen LogP contribution >= 0.6 is 0 Å². The van der Waals surface area contributed by atoms with Crippen LogP contribution in [0.5, 0.6) is 5.75 Å². The van der Waals surface area contributed by atoms with E-state index in [9.17, 15) is 13.2 Å². The van der Waals surface area contributed by atoms with Gasteiger partial charge in [0.25, 0.3) is 0 Å². The van der Waals surface area contributed by atoms with Crippen LogP contribution in [-0.2, 0) is 0 Å². The lowest BCUT2D eigenvalue weighted by molar-refractivity contribution is 0.368. The lowest BCUT2D eigenvalue weighted by Crippen LogP contribution is -2.02. The molecular formula is C13H21F3O. The molecule has 1 rings (SSSR count). The van der Waals surface area contributed by atoms with E-state index in [4.69, 9.17) is 0 Å². The van der Waals surface area contributed by atoms with Crippen molar-refractivity contribution in [2.45, 2.75) is 41.5 Å². The van der Waals surface area contributed by atoms with Gasteiger partial charge in [-0.1, -0.05) is 27.7 Å². The van der Waals surface area contributed by atoms with E-state index in [0.717, 1.165) is 6.92 Å². The molecule has 0 saturated carbocycles. The van der Waals surface area contributed by atoms with Gasteiger partial charge in [0.15, 0.2) is 23.2 Å². The zero-order valence-corrected chi connectivity index (χ0v) is 11.5. The van der Waals surface area contributed by atoms with E-state index in [1.165, 1.54) is 14.0 Å². The standard InChI is InChI=1S/C9H9F3O.2C2H6/c1-4-6(10)7(11)5(2)9(13-3)8(4)12;2*1-2/h1-3H3;2*1-2H3. The third kappa shape index (κ3) is 3.95. The first-order valence-electron chi connectivity index (χ1n) is 5.68. The maximum atomic E-state index is 13.2. The van der Waals surface area contributed by atoms with Gasteiger partial charge < -0.3 is 4.74 Å². The van der Waals surface area contributed by atoms with Gasteiger partial charge in [-0.05, 0) is 13.8 Å². The van der Waals surface area contributed by atoms with Crippen molar-refractivity contribution in [3.05, 3.63) is 28.6 Å². The minimum atomic E-state index is -1.16. The van der Waals surface area contributed by atoms with Gasteiger partial charge >= 0.3 is 0 Å². The summed E-state index contributed by atoms with van der Waals surface area (Å²) >= 11 is 0. The largest absolute Gasteiger partial charge is 0.493 e. The summed E-state index contributed by atoms with van der Waals surface area (Å²) < 4.78 is 43.7. The fourth-order valence-electron chi connectivity index (χ4n) is 1.10. The molecule has 4 heteroatoms. The third-order valence-electron chi connectivity index (χ3n) is 1.92. The Kier molecular flexibility index (Phi) is 9.52. The Morgan fingerprint density at radius 2 is 1.06 bits per heavy atom. The summed E-state index contributed by atoms with van der Waals surface area (Å²) in [5.74, 6) is -3.30. The average Bonchev–Trinajstić information content (AvgIpc) is 2.39. The number of hydrogen-bond donors (Lipinski definition) is 0. The number of ether oxygens (including phenoxy) is 1. The molecular weight excluding hydrogens is 229 g/mol. The first-order chi connectivity index (χ1) is 8.00. The minimum Gasteiger partial charge on any atom is -0.493 e. The lowest BCUT2D eigenvalue weighted by Gasteiger charge is -2.10. The topological polar surface area (TPSA) is 9.23 Å². The fourth-order valence-corrected chi connectivity index (χ4v) is 1.10. The van der Waals surface area contributed by atoms with E-state index in [2.05, 4.69) is 4.74 Å². The summed E-state index contributed by atoms with van der Waals surface area (Å²) in [6, 6.07) is 0. The molecule has 0 aliphatic heterocycles. The molecule has 0 amide bonds. The van der Waals surface area contributed by atoms with Gasteiger partial charge in [-0.15, -0.1) is 0 Å². The smallest absolute Gasteiger partial charge is 0.171 e. The van der Waals surface area contributed by atoms with Crippen LogP contribution in [0.1, 0.15) is 38.8 Å². The lowest BCUT2D eigenvalue weighted by atomic mass is 10.1. The van der Waals surface area contributed by atoms with Crippen molar-refractivity contribution in [1.29, 1.82) is 0 Å². The van der Waals surface area contributed by atoms with E-state index < -0.39 is 17.5 Å². The van der Waals surface area contributed by atoms with Crippen LogP contribution in [0.25, 0.3) is 0 Å². The van der Waals surface area contributed by atoms with Gasteiger partial charge in [-0.3, -0.25) is 0 Å². The van der Waals surface area contributed by atoms with Crippen molar-refractivity contribution in [1.82, 2.24) is 0 Å². The van der Waals surface area contributed by atoms with Gasteiger partial charge in [0.2, 0.25) is 0 Å².